The highest BCUT2D eigenvalue weighted by Gasteiger charge is 2.17. The molecular weight excluding hydrogens is 328 g/mol. The van der Waals surface area contributed by atoms with E-state index in [1.807, 2.05) is 6.07 Å². The van der Waals surface area contributed by atoms with Crippen LogP contribution in [0.2, 0.25) is 0 Å². The van der Waals surface area contributed by atoms with Crippen LogP contribution >= 0.6 is 11.8 Å². The molecule has 24 heavy (non-hydrogen) atoms. The fourth-order valence-corrected chi connectivity index (χ4v) is 2.66. The predicted octanol–water partition coefficient (Wildman–Crippen LogP) is 3.69. The van der Waals surface area contributed by atoms with Crippen molar-refractivity contribution in [2.24, 2.45) is 0 Å². The van der Waals surface area contributed by atoms with Crippen molar-refractivity contribution in [2.75, 3.05) is 14.2 Å². The quantitative estimate of drug-likeness (QED) is 0.655. The second-order valence-electron chi connectivity index (χ2n) is 4.69. The highest BCUT2D eigenvalue weighted by atomic mass is 32.2. The molecule has 0 saturated carbocycles. The van der Waals surface area contributed by atoms with E-state index >= 15 is 0 Å². The molecule has 0 aliphatic heterocycles. The third-order valence-corrected chi connectivity index (χ3v) is 4.00. The van der Waals surface area contributed by atoms with Gasteiger partial charge in [-0.1, -0.05) is 30.3 Å². The van der Waals surface area contributed by atoms with E-state index in [9.17, 15) is 4.79 Å². The molecule has 1 aromatic heterocycles. The molecule has 3 rings (SSSR count). The fraction of sp³-hybridized carbons (Fsp3) is 0.118. The summed E-state index contributed by atoms with van der Waals surface area (Å²) in [5.74, 6) is 1.48. The lowest BCUT2D eigenvalue weighted by Gasteiger charge is -2.07. The van der Waals surface area contributed by atoms with E-state index in [1.165, 1.54) is 0 Å². The Hall–Kier alpha value is -2.80. The van der Waals surface area contributed by atoms with Crippen molar-refractivity contribution in [3.8, 4) is 23.0 Å². The Balaban J connectivity index is 1.82. The van der Waals surface area contributed by atoms with Gasteiger partial charge >= 0.3 is 0 Å². The fourth-order valence-electron chi connectivity index (χ4n) is 2.05. The molecule has 3 aromatic rings. The first-order valence-corrected chi connectivity index (χ1v) is 7.86. The van der Waals surface area contributed by atoms with E-state index in [0.717, 1.165) is 11.8 Å². The van der Waals surface area contributed by atoms with Gasteiger partial charge in [0, 0.05) is 23.4 Å². The van der Waals surface area contributed by atoms with Crippen molar-refractivity contribution in [3.05, 3.63) is 54.1 Å². The van der Waals surface area contributed by atoms with Gasteiger partial charge in [-0.3, -0.25) is 4.79 Å². The Kier molecular flexibility index (Phi) is 4.81. The minimum Gasteiger partial charge on any atom is -0.497 e. The number of carbonyl (C=O) groups is 1. The Labute approximate surface area is 142 Å². The monoisotopic (exact) mass is 342 g/mol. The topological polar surface area (TPSA) is 74.5 Å². The van der Waals surface area contributed by atoms with Gasteiger partial charge in [0.05, 0.1) is 19.8 Å². The highest BCUT2D eigenvalue weighted by molar-refractivity contribution is 8.14. The number of methoxy groups -OCH3 is 2. The maximum Gasteiger partial charge on any atom is 0.284 e. The highest BCUT2D eigenvalue weighted by Crippen LogP contribution is 2.34. The van der Waals surface area contributed by atoms with Gasteiger partial charge in [0.15, 0.2) is 0 Å². The number of aromatic nitrogens is 2. The lowest BCUT2D eigenvalue weighted by molar-refractivity contribution is 0.108. The summed E-state index contributed by atoms with van der Waals surface area (Å²) in [6.07, 6.45) is 0. The average Bonchev–Trinajstić information content (AvgIpc) is 3.10. The molecule has 0 bridgehead atoms. The van der Waals surface area contributed by atoms with Gasteiger partial charge in [-0.05, 0) is 12.1 Å². The molecule has 0 spiro atoms. The number of carbonyl (C=O) groups excluding carboxylic acids is 1. The second kappa shape index (κ2) is 7.18. The van der Waals surface area contributed by atoms with E-state index in [2.05, 4.69) is 10.2 Å². The lowest BCUT2D eigenvalue weighted by Crippen LogP contribution is -1.92. The number of hydrogen-bond donors (Lipinski definition) is 0. The Morgan fingerprint density at radius 1 is 1.04 bits per heavy atom. The van der Waals surface area contributed by atoms with E-state index in [-0.39, 0.29) is 16.2 Å². The van der Waals surface area contributed by atoms with Gasteiger partial charge in [0.25, 0.3) is 11.1 Å². The molecule has 0 atom stereocenters. The largest absolute Gasteiger partial charge is 0.497 e. The smallest absolute Gasteiger partial charge is 0.284 e. The third-order valence-electron chi connectivity index (χ3n) is 3.24. The summed E-state index contributed by atoms with van der Waals surface area (Å²) in [4.78, 5) is 12.2. The number of hydrogen-bond acceptors (Lipinski definition) is 7. The van der Waals surface area contributed by atoms with Gasteiger partial charge in [0.1, 0.15) is 11.5 Å². The van der Waals surface area contributed by atoms with Crippen molar-refractivity contribution in [1.82, 2.24) is 10.2 Å². The van der Waals surface area contributed by atoms with Crippen LogP contribution in [0.4, 0.5) is 0 Å². The molecule has 0 saturated heterocycles. The first-order chi connectivity index (χ1) is 11.7. The van der Waals surface area contributed by atoms with Gasteiger partial charge in [-0.25, -0.2) is 0 Å². The average molecular weight is 342 g/mol. The molecule has 6 nitrogen and oxygen atoms in total. The standard InChI is InChI=1S/C17H14N2O4S/c1-21-12-8-9-13(14(10-12)22-2)15-18-19-17(23-15)24-16(20)11-6-4-3-5-7-11/h3-10H,1-2H3. The zero-order valence-corrected chi connectivity index (χ0v) is 13.9. The van der Waals surface area contributed by atoms with Crippen LogP contribution in [0.25, 0.3) is 11.5 Å². The number of thioether (sulfide) groups is 1. The minimum absolute atomic E-state index is 0.160. The first-order valence-electron chi connectivity index (χ1n) is 7.04. The van der Waals surface area contributed by atoms with Crippen molar-refractivity contribution >= 4 is 16.9 Å². The van der Waals surface area contributed by atoms with Gasteiger partial charge in [-0.2, -0.15) is 0 Å². The summed E-state index contributed by atoms with van der Waals surface area (Å²) in [6.45, 7) is 0. The summed E-state index contributed by atoms with van der Waals surface area (Å²) in [7, 11) is 3.12. The summed E-state index contributed by atoms with van der Waals surface area (Å²) in [5.41, 5.74) is 1.20. The van der Waals surface area contributed by atoms with E-state index in [1.54, 1.807) is 56.7 Å². The second-order valence-corrected chi connectivity index (χ2v) is 5.62. The predicted molar refractivity (Wildman–Crippen MR) is 89.5 cm³/mol. The van der Waals surface area contributed by atoms with Gasteiger partial charge < -0.3 is 13.9 Å². The molecule has 0 amide bonds. The zero-order chi connectivity index (χ0) is 16.9. The molecule has 0 aliphatic carbocycles. The summed E-state index contributed by atoms with van der Waals surface area (Å²) >= 11 is 0.889. The van der Waals surface area contributed by atoms with Crippen molar-refractivity contribution in [1.29, 1.82) is 0 Å². The van der Waals surface area contributed by atoms with Crippen LogP contribution in [-0.2, 0) is 0 Å². The maximum absolute atomic E-state index is 12.2. The lowest BCUT2D eigenvalue weighted by atomic mass is 10.2. The van der Waals surface area contributed by atoms with Gasteiger partial charge in [-0.15, -0.1) is 10.2 Å². The Morgan fingerprint density at radius 2 is 1.83 bits per heavy atom. The summed E-state index contributed by atoms with van der Waals surface area (Å²) in [6, 6.07) is 14.2. The normalized spacial score (nSPS) is 10.4. The molecule has 0 radical (unpaired) electrons. The summed E-state index contributed by atoms with van der Waals surface area (Å²) in [5, 5.41) is 7.92. The van der Waals surface area contributed by atoms with Crippen LogP contribution < -0.4 is 9.47 Å². The van der Waals surface area contributed by atoms with Crippen LogP contribution in [0.3, 0.4) is 0 Å². The minimum atomic E-state index is -0.160. The third kappa shape index (κ3) is 3.41. The van der Waals surface area contributed by atoms with Crippen LogP contribution in [0.5, 0.6) is 11.5 Å². The maximum atomic E-state index is 12.2. The van der Waals surface area contributed by atoms with Crippen LogP contribution in [0, 0.1) is 0 Å². The molecule has 2 aromatic carbocycles. The number of benzene rings is 2. The van der Waals surface area contributed by atoms with Crippen LogP contribution in [-0.4, -0.2) is 29.5 Å². The number of nitrogens with zero attached hydrogens (tertiary/aromatic N) is 2. The molecule has 0 aliphatic rings. The van der Waals surface area contributed by atoms with Crippen LogP contribution in [0.15, 0.2) is 58.2 Å². The molecule has 0 fully saturated rings. The Bertz CT molecular complexity index is 849. The van der Waals surface area contributed by atoms with E-state index < -0.39 is 0 Å². The first kappa shape index (κ1) is 16.1. The number of ether oxygens (including phenoxy) is 2. The van der Waals surface area contributed by atoms with Crippen molar-refractivity contribution < 1.29 is 18.7 Å². The Morgan fingerprint density at radius 3 is 2.54 bits per heavy atom. The van der Waals surface area contributed by atoms with Gasteiger partial charge in [0.2, 0.25) is 5.12 Å². The number of rotatable bonds is 5. The van der Waals surface area contributed by atoms with Crippen molar-refractivity contribution in [3.63, 3.8) is 0 Å². The molecular formula is C17H14N2O4S. The van der Waals surface area contributed by atoms with Crippen LogP contribution in [0.1, 0.15) is 10.4 Å². The van der Waals surface area contributed by atoms with E-state index in [4.69, 9.17) is 13.9 Å². The van der Waals surface area contributed by atoms with Crippen molar-refractivity contribution in [2.45, 2.75) is 5.22 Å². The molecule has 122 valence electrons. The molecule has 0 N–H and O–H groups in total. The molecule has 1 heterocycles. The van der Waals surface area contributed by atoms with E-state index in [0.29, 0.717) is 22.6 Å². The molecule has 0 unspecified atom stereocenters. The summed E-state index contributed by atoms with van der Waals surface area (Å²) < 4.78 is 16.1. The SMILES string of the molecule is COc1ccc(-c2nnc(SC(=O)c3ccccc3)o2)c(OC)c1. The molecule has 7 heteroatoms. The zero-order valence-electron chi connectivity index (χ0n) is 13.1.